The maximum Gasteiger partial charge on any atom is 0.428 e. The number of nitrogens with one attached hydrogen (secondary N) is 1. The van der Waals surface area contributed by atoms with Crippen LogP contribution in [-0.2, 0) is 27.1 Å². The smallest absolute Gasteiger partial charge is 0.335 e. The fraction of sp³-hybridized carbons (Fsp3) is 0.348. The molecule has 2 aliphatic heterocycles. The van der Waals surface area contributed by atoms with Gasteiger partial charge in [-0.25, -0.2) is 4.39 Å². The summed E-state index contributed by atoms with van der Waals surface area (Å²) in [5.41, 5.74) is -4.85. The minimum Gasteiger partial charge on any atom is -0.335 e. The molecule has 0 aliphatic carbocycles. The Balaban J connectivity index is 1.62. The van der Waals surface area contributed by atoms with Crippen molar-refractivity contribution >= 4 is 35.0 Å². The maximum absolute atomic E-state index is 15.2. The quantitative estimate of drug-likeness (QED) is 0.456. The van der Waals surface area contributed by atoms with Gasteiger partial charge in [0.05, 0.1) is 35.1 Å². The summed E-state index contributed by atoms with van der Waals surface area (Å²) in [4.78, 5) is 18.1. The number of hydrogen-bond donors (Lipinski definition) is 1. The van der Waals surface area contributed by atoms with Crippen molar-refractivity contribution in [3.05, 3.63) is 75.8 Å². The van der Waals surface area contributed by atoms with E-state index in [-0.39, 0.29) is 41.6 Å². The molecule has 0 spiro atoms. The van der Waals surface area contributed by atoms with E-state index in [1.54, 1.807) is 6.26 Å². The van der Waals surface area contributed by atoms with Crippen LogP contribution in [-0.4, -0.2) is 42.1 Å². The number of alkyl halides is 7. The first kappa shape index (κ1) is 26.6. The van der Waals surface area contributed by atoms with Gasteiger partial charge in [-0.3, -0.25) is 15.1 Å². The monoisotopic (exact) mass is 554 g/mol. The molecular formula is C23H18ClF7N2O2S. The van der Waals surface area contributed by atoms with Crippen LogP contribution in [0.3, 0.4) is 0 Å². The predicted octanol–water partition coefficient (Wildman–Crippen LogP) is 6.06. The molecule has 2 heterocycles. The molecule has 0 aromatic heterocycles. The van der Waals surface area contributed by atoms with Gasteiger partial charge in [0.25, 0.3) is 0 Å². The lowest BCUT2D eigenvalue weighted by atomic mass is 9.87. The summed E-state index contributed by atoms with van der Waals surface area (Å²) in [7, 11) is 0. The number of hydrogen-bond acceptors (Lipinski definition) is 4. The van der Waals surface area contributed by atoms with Crippen LogP contribution in [0.1, 0.15) is 22.3 Å². The highest BCUT2D eigenvalue weighted by Gasteiger charge is 2.60. The Bertz CT molecular complexity index is 1190. The van der Waals surface area contributed by atoms with Gasteiger partial charge in [0.2, 0.25) is 11.5 Å². The number of halogens is 8. The van der Waals surface area contributed by atoms with Crippen molar-refractivity contribution in [2.24, 2.45) is 0 Å². The van der Waals surface area contributed by atoms with Crippen molar-refractivity contribution < 1.29 is 40.4 Å². The van der Waals surface area contributed by atoms with Crippen LogP contribution in [0.25, 0.3) is 5.70 Å². The standard InChI is InChI=1S/C23H18ClF7N2O2S/c1-36-10-19(34)33-11-20(25,12-33)14-4-2-13(3-5-14)18-9-21(35-32-18,23(29,30)31)15-6-7-17(24)16(8-15)22(26,27)28/h2-9,32H,10-12H2,1H3. The summed E-state index contributed by atoms with van der Waals surface area (Å²) >= 11 is 6.88. The van der Waals surface area contributed by atoms with Crippen LogP contribution in [0.4, 0.5) is 30.7 Å². The van der Waals surface area contributed by atoms with Gasteiger partial charge in [0, 0.05) is 5.56 Å². The molecular weight excluding hydrogens is 537 g/mol. The normalized spacial score (nSPS) is 21.6. The topological polar surface area (TPSA) is 41.6 Å². The molecule has 1 N–H and O–H groups in total. The van der Waals surface area contributed by atoms with E-state index in [4.69, 9.17) is 16.4 Å². The molecule has 194 valence electrons. The van der Waals surface area contributed by atoms with E-state index in [0.29, 0.717) is 12.1 Å². The van der Waals surface area contributed by atoms with Gasteiger partial charge >= 0.3 is 12.4 Å². The zero-order valence-corrected chi connectivity index (χ0v) is 20.0. The summed E-state index contributed by atoms with van der Waals surface area (Å²) in [5.74, 6) is 0.0395. The SMILES string of the molecule is CSCC(=O)N1CC(F)(c2ccc(C3=CC(c4ccc(Cl)c(C(F)(F)F)c4)(C(F)(F)F)ON3)cc2)C1. The number of carbonyl (C=O) groups is 1. The lowest BCUT2D eigenvalue weighted by molar-refractivity contribution is -0.269. The van der Waals surface area contributed by atoms with E-state index >= 15 is 4.39 Å². The fourth-order valence-electron chi connectivity index (χ4n) is 4.04. The van der Waals surface area contributed by atoms with Gasteiger partial charge in [0.1, 0.15) is 0 Å². The van der Waals surface area contributed by atoms with E-state index in [2.05, 4.69) is 5.48 Å². The van der Waals surface area contributed by atoms with E-state index in [1.807, 2.05) is 0 Å². The number of hydroxylamine groups is 1. The molecule has 4 rings (SSSR count). The van der Waals surface area contributed by atoms with Crippen molar-refractivity contribution in [3.63, 3.8) is 0 Å². The number of carbonyl (C=O) groups excluding carboxylic acids is 1. The van der Waals surface area contributed by atoms with Crippen molar-refractivity contribution in [1.29, 1.82) is 0 Å². The number of rotatable bonds is 5. The van der Waals surface area contributed by atoms with Crippen molar-refractivity contribution in [2.75, 3.05) is 25.1 Å². The van der Waals surface area contributed by atoms with Gasteiger partial charge in [-0.2, -0.15) is 38.1 Å². The van der Waals surface area contributed by atoms with Crippen molar-refractivity contribution in [2.45, 2.75) is 23.6 Å². The zero-order chi connectivity index (χ0) is 26.5. The van der Waals surface area contributed by atoms with Crippen LogP contribution < -0.4 is 5.48 Å². The molecule has 1 unspecified atom stereocenters. The van der Waals surface area contributed by atoms with Gasteiger partial charge in [-0.05, 0) is 35.6 Å². The van der Waals surface area contributed by atoms with Gasteiger partial charge in [0.15, 0.2) is 5.67 Å². The maximum atomic E-state index is 15.2. The van der Waals surface area contributed by atoms with E-state index in [9.17, 15) is 31.1 Å². The Morgan fingerprint density at radius 1 is 1.08 bits per heavy atom. The van der Waals surface area contributed by atoms with Crippen LogP contribution >= 0.6 is 23.4 Å². The molecule has 2 aromatic carbocycles. The van der Waals surface area contributed by atoms with Crippen LogP contribution in [0.15, 0.2) is 48.5 Å². The number of thioether (sulfide) groups is 1. The minimum absolute atomic E-state index is 0.134. The molecule has 2 aromatic rings. The molecule has 1 fully saturated rings. The molecule has 1 atom stereocenters. The molecule has 0 bridgehead atoms. The van der Waals surface area contributed by atoms with Crippen molar-refractivity contribution in [3.8, 4) is 0 Å². The first-order chi connectivity index (χ1) is 16.7. The van der Waals surface area contributed by atoms with Crippen LogP contribution in [0.2, 0.25) is 5.02 Å². The van der Waals surface area contributed by atoms with Crippen LogP contribution in [0, 0.1) is 0 Å². The lowest BCUT2D eigenvalue weighted by Crippen LogP contribution is -2.59. The second-order valence-corrected chi connectivity index (χ2v) is 9.69. The summed E-state index contributed by atoms with van der Waals surface area (Å²) < 4.78 is 97.4. The second kappa shape index (κ2) is 9.14. The third-order valence-corrected chi connectivity index (χ3v) is 6.87. The number of likely N-dealkylation sites (tertiary alicyclic amines) is 1. The highest BCUT2D eigenvalue weighted by Crippen LogP contribution is 2.49. The fourth-order valence-corrected chi connectivity index (χ4v) is 4.69. The number of amides is 1. The third kappa shape index (κ3) is 4.66. The van der Waals surface area contributed by atoms with Gasteiger partial charge in [-0.1, -0.05) is 41.9 Å². The average Bonchev–Trinajstić information content (AvgIpc) is 3.24. The summed E-state index contributed by atoms with van der Waals surface area (Å²) in [5, 5.41) is -0.751. The number of nitrogens with zero attached hydrogens (tertiary/aromatic N) is 1. The second-order valence-electron chi connectivity index (χ2n) is 8.41. The summed E-state index contributed by atoms with van der Waals surface area (Å²) in [6.07, 6.45) is -7.74. The molecule has 36 heavy (non-hydrogen) atoms. The molecule has 2 aliphatic rings. The molecule has 0 radical (unpaired) electrons. The van der Waals surface area contributed by atoms with E-state index in [0.717, 1.165) is 12.1 Å². The first-order valence-corrected chi connectivity index (χ1v) is 12.1. The highest BCUT2D eigenvalue weighted by molar-refractivity contribution is 7.99. The Morgan fingerprint density at radius 2 is 1.69 bits per heavy atom. The molecule has 13 heteroatoms. The molecule has 1 amide bonds. The first-order valence-electron chi connectivity index (χ1n) is 10.4. The zero-order valence-electron chi connectivity index (χ0n) is 18.4. The predicted molar refractivity (Wildman–Crippen MR) is 121 cm³/mol. The minimum atomic E-state index is -5.14. The largest absolute Gasteiger partial charge is 0.428 e. The Morgan fingerprint density at radius 3 is 2.25 bits per heavy atom. The summed E-state index contributed by atoms with van der Waals surface area (Å²) in [6.45, 7) is -0.268. The molecule has 4 nitrogen and oxygen atoms in total. The van der Waals surface area contributed by atoms with Gasteiger partial charge in [-0.15, -0.1) is 0 Å². The summed E-state index contributed by atoms with van der Waals surface area (Å²) in [6, 6.07) is 7.32. The Labute approximate surface area is 210 Å². The number of benzene rings is 2. The van der Waals surface area contributed by atoms with E-state index < -0.39 is 39.8 Å². The van der Waals surface area contributed by atoms with Crippen molar-refractivity contribution in [1.82, 2.24) is 10.4 Å². The average molecular weight is 555 g/mol. The molecule has 1 saturated heterocycles. The van der Waals surface area contributed by atoms with Gasteiger partial charge < -0.3 is 4.90 Å². The lowest BCUT2D eigenvalue weighted by Gasteiger charge is -2.44. The third-order valence-electron chi connectivity index (χ3n) is 6.01. The van der Waals surface area contributed by atoms with E-state index in [1.165, 1.54) is 40.9 Å². The Hall–Kier alpha value is -2.44. The highest BCUT2D eigenvalue weighted by atomic mass is 35.5. The Kier molecular flexibility index (Phi) is 6.76. The van der Waals surface area contributed by atoms with Crippen LogP contribution in [0.5, 0.6) is 0 Å². The molecule has 0 saturated carbocycles.